The molecular weight excluding hydrogens is 438 g/mol. The van der Waals surface area contributed by atoms with Crippen LogP contribution in [0.2, 0.25) is 5.02 Å². The number of aromatic nitrogens is 3. The summed E-state index contributed by atoms with van der Waals surface area (Å²) in [5.41, 5.74) is 1.62. The van der Waals surface area contributed by atoms with E-state index in [4.69, 9.17) is 11.6 Å². The van der Waals surface area contributed by atoms with Gasteiger partial charge in [-0.1, -0.05) is 11.6 Å². The van der Waals surface area contributed by atoms with Crippen molar-refractivity contribution in [2.24, 2.45) is 5.92 Å². The Labute approximate surface area is 185 Å². The van der Waals surface area contributed by atoms with Crippen LogP contribution in [0.15, 0.2) is 40.2 Å². The van der Waals surface area contributed by atoms with E-state index in [1.165, 1.54) is 4.57 Å². The molecule has 164 valence electrons. The van der Waals surface area contributed by atoms with E-state index in [1.54, 1.807) is 30.5 Å². The fourth-order valence-electron chi connectivity index (χ4n) is 3.59. The Morgan fingerprint density at radius 1 is 1.29 bits per heavy atom. The van der Waals surface area contributed by atoms with Gasteiger partial charge >= 0.3 is 0 Å². The normalized spacial score (nSPS) is 14.7. The molecule has 1 aliphatic rings. The second kappa shape index (κ2) is 8.22. The number of benzene rings is 1. The first-order valence-electron chi connectivity index (χ1n) is 10.0. The second-order valence-electron chi connectivity index (χ2n) is 8.14. The third-order valence-electron chi connectivity index (χ3n) is 5.37. The molecule has 0 spiro atoms. The van der Waals surface area contributed by atoms with Gasteiger partial charge in [0.25, 0.3) is 5.56 Å². The Balaban J connectivity index is 1.65. The number of hydrogen-bond acceptors (Lipinski definition) is 7. The fraction of sp³-hybridized carbons (Fsp3) is 0.381. The summed E-state index contributed by atoms with van der Waals surface area (Å²) in [5, 5.41) is 7.01. The van der Waals surface area contributed by atoms with Crippen LogP contribution in [-0.2, 0) is 9.84 Å². The molecule has 2 N–H and O–H groups in total. The minimum Gasteiger partial charge on any atom is -0.324 e. The molecule has 0 atom stereocenters. The highest BCUT2D eigenvalue weighted by Crippen LogP contribution is 2.25. The zero-order valence-corrected chi connectivity index (χ0v) is 19.1. The van der Waals surface area contributed by atoms with Crippen molar-refractivity contribution in [3.8, 4) is 0 Å². The monoisotopic (exact) mass is 461 g/mol. The molecule has 0 unspecified atom stereocenters. The maximum Gasteiger partial charge on any atom is 0.271 e. The first kappa shape index (κ1) is 21.7. The largest absolute Gasteiger partial charge is 0.324 e. The molecule has 1 aromatic carbocycles. The molecule has 3 heterocycles. The van der Waals surface area contributed by atoms with Crippen molar-refractivity contribution < 1.29 is 8.42 Å². The van der Waals surface area contributed by atoms with Crippen LogP contribution in [0.5, 0.6) is 0 Å². The number of anilines is 2. The lowest BCUT2D eigenvalue weighted by Crippen LogP contribution is -2.45. The molecule has 0 bridgehead atoms. The lowest BCUT2D eigenvalue weighted by molar-refractivity contribution is 0.378. The zero-order valence-electron chi connectivity index (χ0n) is 17.5. The van der Waals surface area contributed by atoms with E-state index in [0.29, 0.717) is 27.6 Å². The van der Waals surface area contributed by atoms with E-state index in [0.717, 1.165) is 18.7 Å². The van der Waals surface area contributed by atoms with Gasteiger partial charge in [-0.05, 0) is 56.5 Å². The summed E-state index contributed by atoms with van der Waals surface area (Å²) < 4.78 is 26.8. The smallest absolute Gasteiger partial charge is 0.271 e. The van der Waals surface area contributed by atoms with Crippen molar-refractivity contribution >= 4 is 44.1 Å². The van der Waals surface area contributed by atoms with Gasteiger partial charge in [0.1, 0.15) is 10.7 Å². The topological polar surface area (TPSA) is 106 Å². The number of nitrogens with zero attached hydrogens (tertiary/aromatic N) is 3. The molecule has 0 aliphatic carbocycles. The SMILES string of the molecule is Cc1cc(S(=O)(=O)CC2CNC2)ccc1Nc1ncc2cc(Cl)c(=O)n(C(C)C)c2n1. The highest BCUT2D eigenvalue weighted by atomic mass is 35.5. The third-order valence-corrected chi connectivity index (χ3v) is 7.52. The molecule has 0 amide bonds. The van der Waals surface area contributed by atoms with Crippen molar-refractivity contribution in [3.63, 3.8) is 0 Å². The van der Waals surface area contributed by atoms with Crippen LogP contribution in [0.25, 0.3) is 11.0 Å². The van der Waals surface area contributed by atoms with Gasteiger partial charge in [-0.3, -0.25) is 9.36 Å². The molecule has 0 saturated carbocycles. The van der Waals surface area contributed by atoms with Crippen molar-refractivity contribution in [2.75, 3.05) is 24.2 Å². The van der Waals surface area contributed by atoms with Gasteiger partial charge in [-0.15, -0.1) is 0 Å². The maximum absolute atomic E-state index is 12.6. The van der Waals surface area contributed by atoms with E-state index in [2.05, 4.69) is 20.6 Å². The van der Waals surface area contributed by atoms with Crippen LogP contribution in [0, 0.1) is 12.8 Å². The van der Waals surface area contributed by atoms with Crippen LogP contribution < -0.4 is 16.2 Å². The summed E-state index contributed by atoms with van der Waals surface area (Å²) in [6, 6.07) is 6.40. The molecule has 0 radical (unpaired) electrons. The van der Waals surface area contributed by atoms with Gasteiger partial charge < -0.3 is 10.6 Å². The number of nitrogens with one attached hydrogen (secondary N) is 2. The molecule has 8 nitrogen and oxygen atoms in total. The summed E-state index contributed by atoms with van der Waals surface area (Å²) in [6.45, 7) is 7.08. The van der Waals surface area contributed by atoms with Crippen LogP contribution in [0.1, 0.15) is 25.5 Å². The van der Waals surface area contributed by atoms with E-state index >= 15 is 0 Å². The first-order chi connectivity index (χ1) is 14.7. The Kier molecular flexibility index (Phi) is 5.76. The van der Waals surface area contributed by atoms with Crippen LogP contribution >= 0.6 is 11.6 Å². The van der Waals surface area contributed by atoms with Gasteiger partial charge in [0.05, 0.1) is 10.6 Å². The molecule has 1 saturated heterocycles. The molecule has 10 heteroatoms. The molecule has 1 fully saturated rings. The van der Waals surface area contributed by atoms with E-state index in [1.807, 2.05) is 20.8 Å². The summed E-state index contributed by atoms with van der Waals surface area (Å²) in [7, 11) is -3.33. The van der Waals surface area contributed by atoms with Crippen molar-refractivity contribution in [1.82, 2.24) is 19.9 Å². The second-order valence-corrected chi connectivity index (χ2v) is 10.6. The summed E-state index contributed by atoms with van der Waals surface area (Å²) in [5.74, 6) is 0.624. The number of hydrogen-bond donors (Lipinski definition) is 2. The van der Waals surface area contributed by atoms with Gasteiger partial charge in [0.15, 0.2) is 9.84 Å². The van der Waals surface area contributed by atoms with Crippen molar-refractivity contribution in [3.05, 3.63) is 51.4 Å². The van der Waals surface area contributed by atoms with E-state index in [-0.39, 0.29) is 28.3 Å². The number of halogens is 1. The average Bonchev–Trinajstić information content (AvgIpc) is 2.67. The average molecular weight is 462 g/mol. The molecule has 4 rings (SSSR count). The number of sulfone groups is 1. The van der Waals surface area contributed by atoms with Crippen LogP contribution in [0.4, 0.5) is 11.6 Å². The van der Waals surface area contributed by atoms with Crippen LogP contribution in [0.3, 0.4) is 0 Å². The Bertz CT molecular complexity index is 1320. The highest BCUT2D eigenvalue weighted by molar-refractivity contribution is 7.91. The minimum absolute atomic E-state index is 0.121. The third kappa shape index (κ3) is 4.30. The lowest BCUT2D eigenvalue weighted by atomic mass is 10.1. The van der Waals surface area contributed by atoms with Crippen molar-refractivity contribution in [1.29, 1.82) is 0 Å². The number of fused-ring (bicyclic) bond motifs is 1. The highest BCUT2D eigenvalue weighted by Gasteiger charge is 2.26. The zero-order chi connectivity index (χ0) is 22.3. The quantitative estimate of drug-likeness (QED) is 0.581. The summed E-state index contributed by atoms with van der Waals surface area (Å²) in [6.07, 6.45) is 1.61. The maximum atomic E-state index is 12.6. The predicted octanol–water partition coefficient (Wildman–Crippen LogP) is 3.07. The standard InChI is InChI=1S/C21H24ClN5O3S/c1-12(2)27-19-15(7-17(22)20(27)28)10-24-21(26-19)25-18-5-4-16(6-13(18)3)31(29,30)11-14-8-23-9-14/h4-7,10,12,14,23H,8-9,11H2,1-3H3,(H,24,25,26). The lowest BCUT2D eigenvalue weighted by Gasteiger charge is -2.26. The summed E-state index contributed by atoms with van der Waals surface area (Å²) >= 11 is 6.07. The van der Waals surface area contributed by atoms with Crippen molar-refractivity contribution in [2.45, 2.75) is 31.7 Å². The molecular formula is C21H24ClN5O3S. The summed E-state index contributed by atoms with van der Waals surface area (Å²) in [4.78, 5) is 21.6. The molecule has 31 heavy (non-hydrogen) atoms. The Hall–Kier alpha value is -2.49. The number of aryl methyl sites for hydroxylation is 1. The predicted molar refractivity (Wildman–Crippen MR) is 122 cm³/mol. The number of rotatable bonds is 6. The van der Waals surface area contributed by atoms with Gasteiger partial charge in [-0.25, -0.2) is 13.4 Å². The van der Waals surface area contributed by atoms with Gasteiger partial charge in [0, 0.05) is 36.4 Å². The van der Waals surface area contributed by atoms with E-state index < -0.39 is 9.84 Å². The van der Waals surface area contributed by atoms with Gasteiger partial charge in [-0.2, -0.15) is 4.98 Å². The minimum atomic E-state index is -3.33. The Morgan fingerprint density at radius 3 is 2.65 bits per heavy atom. The number of pyridine rings is 1. The van der Waals surface area contributed by atoms with E-state index in [9.17, 15) is 13.2 Å². The first-order valence-corrected chi connectivity index (χ1v) is 12.1. The van der Waals surface area contributed by atoms with Crippen LogP contribution in [-0.4, -0.2) is 41.8 Å². The Morgan fingerprint density at radius 2 is 2.03 bits per heavy atom. The molecule has 3 aromatic rings. The fourth-order valence-corrected chi connectivity index (χ4v) is 5.48. The molecule has 1 aliphatic heterocycles. The molecule has 2 aromatic heterocycles. The van der Waals surface area contributed by atoms with Gasteiger partial charge in [0.2, 0.25) is 5.95 Å².